The van der Waals surface area contributed by atoms with Crippen molar-refractivity contribution in [2.24, 2.45) is 0 Å². The highest BCUT2D eigenvalue weighted by atomic mass is 16.5. The fourth-order valence-corrected chi connectivity index (χ4v) is 2.08. The highest BCUT2D eigenvalue weighted by molar-refractivity contribution is 5.90. The first-order valence-corrected chi connectivity index (χ1v) is 6.76. The Bertz CT molecular complexity index is 575. The largest absolute Gasteiger partial charge is 0.375 e. The van der Waals surface area contributed by atoms with E-state index >= 15 is 0 Å². The summed E-state index contributed by atoms with van der Waals surface area (Å²) in [5.41, 5.74) is 3.32. The molecule has 1 aromatic heterocycles. The van der Waals surface area contributed by atoms with Crippen LogP contribution in [0.4, 0.5) is 10.5 Å². The van der Waals surface area contributed by atoms with Gasteiger partial charge in [-0.15, -0.1) is 0 Å². The molecule has 1 unspecified atom stereocenters. The lowest BCUT2D eigenvalue weighted by Gasteiger charge is -2.16. The predicted molar refractivity (Wildman–Crippen MR) is 81.3 cm³/mol. The molecule has 2 amide bonds. The molecule has 0 spiro atoms. The molecule has 1 aromatic carbocycles. The second kappa shape index (κ2) is 6.90. The average Bonchev–Trinajstić information content (AvgIpc) is 2.81. The summed E-state index contributed by atoms with van der Waals surface area (Å²) in [6, 6.07) is 9.50. The highest BCUT2D eigenvalue weighted by Gasteiger charge is 2.13. The molecule has 0 bridgehead atoms. The van der Waals surface area contributed by atoms with Gasteiger partial charge < -0.3 is 15.4 Å². The Labute approximate surface area is 123 Å². The van der Waals surface area contributed by atoms with Crippen molar-refractivity contribution < 1.29 is 9.53 Å². The first-order valence-electron chi connectivity index (χ1n) is 6.76. The summed E-state index contributed by atoms with van der Waals surface area (Å²) in [5, 5.41) is 12.5. The number of methoxy groups -OCH3 is 1. The molecule has 1 heterocycles. The van der Waals surface area contributed by atoms with E-state index in [9.17, 15) is 4.79 Å². The van der Waals surface area contributed by atoms with Crippen LogP contribution >= 0.6 is 0 Å². The second-order valence-electron chi connectivity index (χ2n) is 4.78. The summed E-state index contributed by atoms with van der Waals surface area (Å²) < 4.78 is 5.41. The minimum atomic E-state index is -0.277. The number of aromatic amines is 1. The maximum absolute atomic E-state index is 11.9. The number of H-pyrrole nitrogens is 1. The number of urea groups is 1. The Morgan fingerprint density at radius 2 is 2.05 bits per heavy atom. The number of nitrogens with zero attached hydrogens (tertiary/aromatic N) is 1. The van der Waals surface area contributed by atoms with Crippen LogP contribution in [0.15, 0.2) is 30.3 Å². The molecule has 0 aliphatic rings. The number of amides is 2. The van der Waals surface area contributed by atoms with Gasteiger partial charge in [0.25, 0.3) is 0 Å². The highest BCUT2D eigenvalue weighted by Crippen LogP contribution is 2.17. The van der Waals surface area contributed by atoms with Crippen molar-refractivity contribution >= 4 is 11.7 Å². The number of rotatable bonds is 5. The number of ether oxygens (including phenoxy) is 1. The van der Waals surface area contributed by atoms with E-state index < -0.39 is 0 Å². The maximum atomic E-state index is 11.9. The predicted octanol–water partition coefficient (Wildman–Crippen LogP) is 2.54. The second-order valence-corrected chi connectivity index (χ2v) is 4.78. The molecule has 3 N–H and O–H groups in total. The fourth-order valence-electron chi connectivity index (χ4n) is 2.08. The van der Waals surface area contributed by atoms with Crippen LogP contribution in [0.3, 0.4) is 0 Å². The quantitative estimate of drug-likeness (QED) is 0.791. The van der Waals surface area contributed by atoms with Gasteiger partial charge in [0.05, 0.1) is 23.2 Å². The summed E-state index contributed by atoms with van der Waals surface area (Å²) in [5.74, 6) is 0. The Morgan fingerprint density at radius 1 is 1.33 bits per heavy atom. The van der Waals surface area contributed by atoms with Crippen LogP contribution in [0.25, 0.3) is 0 Å². The van der Waals surface area contributed by atoms with Crippen LogP contribution in [-0.2, 0) is 4.74 Å². The molecule has 0 saturated carbocycles. The van der Waals surface area contributed by atoms with E-state index in [0.717, 1.165) is 17.0 Å². The molecule has 21 heavy (non-hydrogen) atoms. The lowest BCUT2D eigenvalue weighted by molar-refractivity contribution is 0.104. The molecule has 1 atom stereocenters. The van der Waals surface area contributed by atoms with Gasteiger partial charge in [0.1, 0.15) is 0 Å². The van der Waals surface area contributed by atoms with E-state index in [1.54, 1.807) is 7.11 Å². The van der Waals surface area contributed by atoms with E-state index in [1.807, 2.05) is 44.2 Å². The minimum Gasteiger partial charge on any atom is -0.375 e. The number of benzene rings is 1. The first kappa shape index (κ1) is 15.1. The number of aromatic nitrogens is 2. The van der Waals surface area contributed by atoms with Crippen LogP contribution in [0.1, 0.15) is 23.1 Å². The van der Waals surface area contributed by atoms with Gasteiger partial charge in [0.15, 0.2) is 0 Å². The lowest BCUT2D eigenvalue weighted by Crippen LogP contribution is -2.33. The van der Waals surface area contributed by atoms with Gasteiger partial charge in [0.2, 0.25) is 0 Å². The van der Waals surface area contributed by atoms with Crippen LogP contribution in [0.2, 0.25) is 0 Å². The van der Waals surface area contributed by atoms with Crippen molar-refractivity contribution in [1.29, 1.82) is 0 Å². The van der Waals surface area contributed by atoms with Gasteiger partial charge in [-0.2, -0.15) is 5.10 Å². The molecule has 0 saturated heterocycles. The third-order valence-electron chi connectivity index (χ3n) is 3.27. The van der Waals surface area contributed by atoms with Gasteiger partial charge in [0, 0.05) is 13.7 Å². The number of nitrogens with one attached hydrogen (secondary N) is 3. The topological polar surface area (TPSA) is 79.0 Å². The van der Waals surface area contributed by atoms with E-state index in [4.69, 9.17) is 4.74 Å². The van der Waals surface area contributed by atoms with Gasteiger partial charge in [-0.25, -0.2) is 4.79 Å². The molecular weight excluding hydrogens is 268 g/mol. The molecule has 2 aromatic rings. The van der Waals surface area contributed by atoms with Crippen LogP contribution < -0.4 is 10.6 Å². The third-order valence-corrected chi connectivity index (χ3v) is 3.27. The Hall–Kier alpha value is -2.34. The van der Waals surface area contributed by atoms with Crippen molar-refractivity contribution in [2.75, 3.05) is 19.0 Å². The van der Waals surface area contributed by atoms with Gasteiger partial charge >= 0.3 is 6.03 Å². The standard InChI is InChI=1S/C15H20N4O2/c1-10-14(11(2)19-18-10)17-15(20)16-9-13(21-3)12-7-5-4-6-8-12/h4-8,13H,9H2,1-3H3,(H,18,19)(H2,16,17,20). The number of aryl methyl sites for hydroxylation is 2. The number of carbonyl (C=O) groups is 1. The average molecular weight is 288 g/mol. The van der Waals surface area contributed by atoms with Crippen LogP contribution in [-0.4, -0.2) is 29.9 Å². The summed E-state index contributed by atoms with van der Waals surface area (Å²) in [6.45, 7) is 4.08. The third kappa shape index (κ3) is 3.82. The van der Waals surface area contributed by atoms with E-state index in [-0.39, 0.29) is 12.1 Å². The number of hydrogen-bond acceptors (Lipinski definition) is 3. The van der Waals surface area contributed by atoms with Crippen molar-refractivity contribution in [3.05, 3.63) is 47.3 Å². The van der Waals surface area contributed by atoms with Crippen LogP contribution in [0.5, 0.6) is 0 Å². The monoisotopic (exact) mass is 288 g/mol. The van der Waals surface area contributed by atoms with Crippen molar-refractivity contribution in [1.82, 2.24) is 15.5 Å². The smallest absolute Gasteiger partial charge is 0.319 e. The normalized spacial score (nSPS) is 12.0. The SMILES string of the molecule is COC(CNC(=O)Nc1c(C)n[nH]c1C)c1ccccc1. The van der Waals surface area contributed by atoms with E-state index in [0.29, 0.717) is 12.2 Å². The Kier molecular flexibility index (Phi) is 4.94. The molecule has 2 rings (SSSR count). The first-order chi connectivity index (χ1) is 10.1. The molecule has 0 aliphatic heterocycles. The van der Waals surface area contributed by atoms with Crippen molar-refractivity contribution in [2.45, 2.75) is 20.0 Å². The maximum Gasteiger partial charge on any atom is 0.319 e. The number of hydrogen-bond donors (Lipinski definition) is 3. The number of carbonyl (C=O) groups excluding carboxylic acids is 1. The molecule has 0 fully saturated rings. The van der Waals surface area contributed by atoms with Gasteiger partial charge in [-0.05, 0) is 19.4 Å². The van der Waals surface area contributed by atoms with Crippen molar-refractivity contribution in [3.63, 3.8) is 0 Å². The number of anilines is 1. The van der Waals surface area contributed by atoms with Gasteiger partial charge in [-0.1, -0.05) is 30.3 Å². The fraction of sp³-hybridized carbons (Fsp3) is 0.333. The zero-order valence-electron chi connectivity index (χ0n) is 12.4. The molecular formula is C15H20N4O2. The zero-order chi connectivity index (χ0) is 15.2. The zero-order valence-corrected chi connectivity index (χ0v) is 12.4. The van der Waals surface area contributed by atoms with Crippen LogP contribution in [0, 0.1) is 13.8 Å². The summed E-state index contributed by atoms with van der Waals surface area (Å²) in [7, 11) is 1.63. The Balaban J connectivity index is 1.91. The molecule has 0 radical (unpaired) electrons. The Morgan fingerprint density at radius 3 is 2.62 bits per heavy atom. The molecule has 6 heteroatoms. The summed E-state index contributed by atoms with van der Waals surface area (Å²) in [4.78, 5) is 11.9. The molecule has 112 valence electrons. The minimum absolute atomic E-state index is 0.177. The molecule has 6 nitrogen and oxygen atoms in total. The molecule has 0 aliphatic carbocycles. The summed E-state index contributed by atoms with van der Waals surface area (Å²) >= 11 is 0. The lowest BCUT2D eigenvalue weighted by atomic mass is 10.1. The van der Waals surface area contributed by atoms with E-state index in [2.05, 4.69) is 20.8 Å². The summed E-state index contributed by atoms with van der Waals surface area (Å²) in [6.07, 6.45) is -0.177. The van der Waals surface area contributed by atoms with Crippen molar-refractivity contribution in [3.8, 4) is 0 Å². The van der Waals surface area contributed by atoms with Gasteiger partial charge in [-0.3, -0.25) is 5.10 Å². The van der Waals surface area contributed by atoms with E-state index in [1.165, 1.54) is 0 Å².